The molecule has 0 aromatic heterocycles. The van der Waals surface area contributed by atoms with Crippen LogP contribution in [0, 0.1) is 5.92 Å². The van der Waals surface area contributed by atoms with E-state index in [0.717, 1.165) is 0 Å². The molecule has 0 bridgehead atoms. The van der Waals surface area contributed by atoms with Gasteiger partial charge in [0.05, 0.1) is 6.61 Å². The third kappa shape index (κ3) is 5.35. The largest absolute Gasteiger partial charge is 0.463 e. The van der Waals surface area contributed by atoms with Crippen LogP contribution >= 0.6 is 0 Å². The Balaban J connectivity index is 4.47. The third-order valence-electron chi connectivity index (χ3n) is 1.50. The smallest absolute Gasteiger partial charge is 0.332 e. The van der Waals surface area contributed by atoms with Crippen molar-refractivity contribution in [3.8, 4) is 0 Å². The van der Waals surface area contributed by atoms with Gasteiger partial charge in [-0.2, -0.15) is 0 Å². The summed E-state index contributed by atoms with van der Waals surface area (Å²) in [6.45, 7) is 7.25. The van der Waals surface area contributed by atoms with E-state index in [2.05, 4.69) is 5.32 Å². The first kappa shape index (κ1) is 12.7. The minimum absolute atomic E-state index is 0.0864. The molecule has 0 unspecified atom stereocenters. The molecule has 1 N–H and O–H groups in total. The highest BCUT2D eigenvalue weighted by Gasteiger charge is 2.07. The fourth-order valence-corrected chi connectivity index (χ4v) is 0.861. The number of hydrogen-bond donors (Lipinski definition) is 1. The van der Waals surface area contributed by atoms with E-state index in [9.17, 15) is 9.59 Å². The normalized spacial score (nSPS) is 11.4. The quantitative estimate of drug-likeness (QED) is 0.547. The highest BCUT2D eigenvalue weighted by molar-refractivity contribution is 5.84. The Morgan fingerprint density at radius 2 is 2.00 bits per heavy atom. The molecular weight excluding hydrogens is 182 g/mol. The van der Waals surface area contributed by atoms with Crippen LogP contribution in [0.3, 0.4) is 0 Å². The van der Waals surface area contributed by atoms with Gasteiger partial charge >= 0.3 is 5.97 Å². The first-order valence-electron chi connectivity index (χ1n) is 4.63. The minimum Gasteiger partial charge on any atom is -0.463 e. The van der Waals surface area contributed by atoms with Crippen molar-refractivity contribution in [2.45, 2.75) is 27.7 Å². The molecule has 80 valence electrons. The second-order valence-corrected chi connectivity index (χ2v) is 3.19. The minimum atomic E-state index is -0.426. The Hall–Kier alpha value is -1.32. The predicted molar refractivity (Wildman–Crippen MR) is 53.4 cm³/mol. The van der Waals surface area contributed by atoms with Crippen molar-refractivity contribution < 1.29 is 14.3 Å². The number of hydrogen-bond acceptors (Lipinski definition) is 3. The van der Waals surface area contributed by atoms with Crippen LogP contribution < -0.4 is 5.32 Å². The van der Waals surface area contributed by atoms with Crippen LogP contribution in [-0.2, 0) is 14.3 Å². The summed E-state index contributed by atoms with van der Waals surface area (Å²) in [5.41, 5.74) is 0.580. The summed E-state index contributed by atoms with van der Waals surface area (Å²) in [7, 11) is 0. The monoisotopic (exact) mass is 199 g/mol. The summed E-state index contributed by atoms with van der Waals surface area (Å²) in [6.07, 6.45) is 1.32. The zero-order chi connectivity index (χ0) is 11.1. The van der Waals surface area contributed by atoms with Crippen molar-refractivity contribution in [2.75, 3.05) is 6.61 Å². The Labute approximate surface area is 84.3 Å². The number of carbonyl (C=O) groups is 2. The molecule has 0 aliphatic carbocycles. The number of rotatable bonds is 4. The van der Waals surface area contributed by atoms with Crippen LogP contribution in [0.4, 0.5) is 0 Å². The van der Waals surface area contributed by atoms with Gasteiger partial charge in [-0.05, 0) is 12.8 Å². The zero-order valence-corrected chi connectivity index (χ0v) is 9.09. The van der Waals surface area contributed by atoms with Crippen molar-refractivity contribution >= 4 is 11.9 Å². The van der Waals surface area contributed by atoms with E-state index in [-0.39, 0.29) is 11.8 Å². The van der Waals surface area contributed by atoms with Gasteiger partial charge in [-0.15, -0.1) is 0 Å². The van der Waals surface area contributed by atoms with Gasteiger partial charge in [-0.1, -0.05) is 13.8 Å². The summed E-state index contributed by atoms with van der Waals surface area (Å²) in [4.78, 5) is 21.9. The SMILES string of the molecule is CCOC(=O)C=C(NC(C)=O)C(C)C. The van der Waals surface area contributed by atoms with Gasteiger partial charge < -0.3 is 10.1 Å². The van der Waals surface area contributed by atoms with E-state index in [1.54, 1.807) is 6.92 Å². The lowest BCUT2D eigenvalue weighted by Crippen LogP contribution is -2.23. The Kier molecular flexibility index (Phi) is 5.60. The van der Waals surface area contributed by atoms with E-state index < -0.39 is 5.97 Å². The maximum atomic E-state index is 11.1. The van der Waals surface area contributed by atoms with E-state index in [0.29, 0.717) is 12.3 Å². The van der Waals surface area contributed by atoms with Gasteiger partial charge in [0, 0.05) is 18.7 Å². The van der Waals surface area contributed by atoms with Gasteiger partial charge in [0.15, 0.2) is 0 Å². The average molecular weight is 199 g/mol. The molecule has 0 spiro atoms. The molecule has 0 aromatic rings. The van der Waals surface area contributed by atoms with E-state index >= 15 is 0 Å². The fraction of sp³-hybridized carbons (Fsp3) is 0.600. The molecule has 1 amide bonds. The number of esters is 1. The molecule has 14 heavy (non-hydrogen) atoms. The Morgan fingerprint density at radius 1 is 1.43 bits per heavy atom. The van der Waals surface area contributed by atoms with Crippen LogP contribution in [0.1, 0.15) is 27.7 Å². The van der Waals surface area contributed by atoms with E-state index in [1.165, 1.54) is 13.0 Å². The predicted octanol–water partition coefficient (Wildman–Crippen LogP) is 1.23. The van der Waals surface area contributed by atoms with Gasteiger partial charge in [-0.3, -0.25) is 4.79 Å². The number of ether oxygens (including phenoxy) is 1. The fourth-order valence-electron chi connectivity index (χ4n) is 0.861. The van der Waals surface area contributed by atoms with Crippen LogP contribution in [0.5, 0.6) is 0 Å². The third-order valence-corrected chi connectivity index (χ3v) is 1.50. The summed E-state index contributed by atoms with van der Waals surface area (Å²) >= 11 is 0. The zero-order valence-electron chi connectivity index (χ0n) is 9.09. The lowest BCUT2D eigenvalue weighted by Gasteiger charge is -2.11. The van der Waals surface area contributed by atoms with Crippen molar-refractivity contribution in [1.82, 2.24) is 5.32 Å². The van der Waals surface area contributed by atoms with Gasteiger partial charge in [-0.25, -0.2) is 4.79 Å². The topological polar surface area (TPSA) is 55.4 Å². The molecule has 4 heteroatoms. The lowest BCUT2D eigenvalue weighted by atomic mass is 10.1. The van der Waals surface area contributed by atoms with Gasteiger partial charge in [0.2, 0.25) is 5.91 Å². The highest BCUT2D eigenvalue weighted by Crippen LogP contribution is 2.05. The standard InChI is InChI=1S/C10H17NO3/c1-5-14-10(13)6-9(7(2)3)11-8(4)12/h6-7H,5H2,1-4H3,(H,11,12). The number of nitrogens with one attached hydrogen (secondary N) is 1. The molecule has 0 aromatic carbocycles. The first-order valence-corrected chi connectivity index (χ1v) is 4.63. The number of allylic oxidation sites excluding steroid dienone is 1. The summed E-state index contributed by atoms with van der Waals surface area (Å²) in [5, 5.41) is 2.59. The van der Waals surface area contributed by atoms with Crippen LogP contribution in [-0.4, -0.2) is 18.5 Å². The van der Waals surface area contributed by atoms with Crippen LogP contribution in [0.2, 0.25) is 0 Å². The molecule has 0 atom stereocenters. The molecule has 0 saturated carbocycles. The van der Waals surface area contributed by atoms with Crippen molar-refractivity contribution in [2.24, 2.45) is 5.92 Å². The van der Waals surface area contributed by atoms with Crippen molar-refractivity contribution in [3.63, 3.8) is 0 Å². The molecular formula is C10H17NO3. The maximum absolute atomic E-state index is 11.1. The van der Waals surface area contributed by atoms with Crippen molar-refractivity contribution in [3.05, 3.63) is 11.8 Å². The van der Waals surface area contributed by atoms with Crippen molar-refractivity contribution in [1.29, 1.82) is 0 Å². The van der Waals surface area contributed by atoms with Crippen LogP contribution in [0.15, 0.2) is 11.8 Å². The highest BCUT2D eigenvalue weighted by atomic mass is 16.5. The molecule has 0 heterocycles. The van der Waals surface area contributed by atoms with Gasteiger partial charge in [0.25, 0.3) is 0 Å². The average Bonchev–Trinajstić information content (AvgIpc) is 2.02. The van der Waals surface area contributed by atoms with Gasteiger partial charge in [0.1, 0.15) is 0 Å². The molecule has 0 aliphatic heterocycles. The molecule has 4 nitrogen and oxygen atoms in total. The maximum Gasteiger partial charge on any atom is 0.332 e. The number of amides is 1. The molecule has 0 rings (SSSR count). The number of carbonyl (C=O) groups excluding carboxylic acids is 2. The molecule has 0 aliphatic rings. The van der Waals surface area contributed by atoms with Crippen LogP contribution in [0.25, 0.3) is 0 Å². The molecule has 0 saturated heterocycles. The molecule has 0 radical (unpaired) electrons. The van der Waals surface area contributed by atoms with E-state index in [1.807, 2.05) is 13.8 Å². The summed E-state index contributed by atoms with van der Waals surface area (Å²) < 4.78 is 4.74. The molecule has 0 fully saturated rings. The van der Waals surface area contributed by atoms with E-state index in [4.69, 9.17) is 4.74 Å². The Morgan fingerprint density at radius 3 is 2.36 bits per heavy atom. The Bertz CT molecular complexity index is 244. The summed E-state index contributed by atoms with van der Waals surface area (Å²) in [5.74, 6) is -0.525. The second-order valence-electron chi connectivity index (χ2n) is 3.19. The second kappa shape index (κ2) is 6.18. The first-order chi connectivity index (χ1) is 6.47. The lowest BCUT2D eigenvalue weighted by molar-refractivity contribution is -0.137. The summed E-state index contributed by atoms with van der Waals surface area (Å²) in [6, 6.07) is 0.